The Kier molecular flexibility index (Phi) is 7.16. The Morgan fingerprint density at radius 2 is 0.923 bits per heavy atom. The van der Waals surface area contributed by atoms with E-state index < -0.39 is 6.46 Å². The summed E-state index contributed by atoms with van der Waals surface area (Å²) in [6, 6.07) is 18.8. The highest BCUT2D eigenvalue weighted by atomic mass is 32.7. The second-order valence-corrected chi connectivity index (χ2v) is 12.4. The van der Waals surface area contributed by atoms with Gasteiger partial charge in [-0.15, -0.1) is 6.46 Å². The first-order valence-corrected chi connectivity index (χ1v) is 12.5. The summed E-state index contributed by atoms with van der Waals surface area (Å²) in [5.74, 6) is 0. The van der Waals surface area contributed by atoms with E-state index in [1.807, 2.05) is 36.8 Å². The van der Waals surface area contributed by atoms with Crippen molar-refractivity contribution in [2.45, 2.75) is 19.3 Å². The predicted molar refractivity (Wildman–Crippen MR) is 109 cm³/mol. The molecule has 0 fully saturated rings. The third-order valence-corrected chi connectivity index (χ3v) is 9.45. The molecule has 0 bridgehead atoms. The van der Waals surface area contributed by atoms with E-state index in [0.29, 0.717) is 0 Å². The van der Waals surface area contributed by atoms with Crippen molar-refractivity contribution in [3.05, 3.63) is 90.3 Å². The minimum absolute atomic E-state index is 1.04. The van der Waals surface area contributed by atoms with E-state index >= 15 is 0 Å². The van der Waals surface area contributed by atoms with Crippen LogP contribution >= 0.6 is 6.46 Å². The van der Waals surface area contributed by atoms with Gasteiger partial charge in [-0.1, -0.05) is 18.2 Å². The Morgan fingerprint density at radius 3 is 1.19 bits per heavy atom. The number of aromatic amines is 3. The van der Waals surface area contributed by atoms with Crippen LogP contribution < -0.4 is 15.0 Å². The molecule has 0 amide bonds. The molecule has 3 N–H and O–H groups in total. The van der Waals surface area contributed by atoms with Gasteiger partial charge in [-0.25, -0.2) is 15.0 Å². The summed E-state index contributed by atoms with van der Waals surface area (Å²) in [4.78, 5) is 10.0. The maximum absolute atomic E-state index is 6.27. The Labute approximate surface area is 161 Å². The molecular weight excluding hydrogens is 357 g/mol. The second kappa shape index (κ2) is 9.80. The number of hydrogen-bond acceptors (Lipinski definition) is 1. The number of aryl methyl sites for hydroxylation is 3. The van der Waals surface area contributed by atoms with Gasteiger partial charge in [0, 0.05) is 54.9 Å². The summed E-state index contributed by atoms with van der Waals surface area (Å²) in [5, 5.41) is 0. The summed E-state index contributed by atoms with van der Waals surface area (Å²) in [7, 11) is 0. The van der Waals surface area contributed by atoms with Gasteiger partial charge in [0.25, 0.3) is 0 Å². The number of nitrogens with one attached hydrogen (secondary N) is 3. The molecule has 3 rings (SSSR count). The molecule has 0 aliphatic carbocycles. The van der Waals surface area contributed by atoms with E-state index in [4.69, 9.17) is 12.2 Å². The minimum Gasteiger partial charge on any atom is -0.556 e. The zero-order valence-electron chi connectivity index (χ0n) is 15.0. The van der Waals surface area contributed by atoms with Gasteiger partial charge in [-0.2, -0.15) is 0 Å². The van der Waals surface area contributed by atoms with Gasteiger partial charge >= 0.3 is 0 Å². The van der Waals surface area contributed by atoms with E-state index in [9.17, 15) is 0 Å². The molecule has 0 spiro atoms. The molecule has 0 radical (unpaired) electrons. The quantitative estimate of drug-likeness (QED) is 0.413. The summed E-state index contributed by atoms with van der Waals surface area (Å²) in [5.41, 5.74) is 3.83. The summed E-state index contributed by atoms with van der Waals surface area (Å²) >= 11 is 6.27. The molecule has 3 nitrogen and oxygen atoms in total. The van der Waals surface area contributed by atoms with Crippen molar-refractivity contribution in [2.24, 2.45) is 0 Å². The average molecular weight is 385 g/mol. The maximum Gasteiger partial charge on any atom is 0.183 e. The van der Waals surface area contributed by atoms with Crippen LogP contribution in [0.3, 0.4) is 0 Å². The van der Waals surface area contributed by atoms with Gasteiger partial charge in [-0.05, 0) is 0 Å². The van der Waals surface area contributed by atoms with Crippen LogP contribution in [0, 0.1) is 0 Å². The number of H-pyrrole nitrogens is 3. The number of pyridine rings is 3. The van der Waals surface area contributed by atoms with Gasteiger partial charge < -0.3 is 12.2 Å². The molecular formula is C21H27N3PS+3. The zero-order chi connectivity index (χ0) is 18.1. The lowest BCUT2D eigenvalue weighted by atomic mass is 10.3. The fraction of sp³-hybridized carbons (Fsp3) is 0.286. The van der Waals surface area contributed by atoms with Crippen molar-refractivity contribution in [2.75, 3.05) is 18.5 Å². The van der Waals surface area contributed by atoms with Crippen LogP contribution in [-0.2, 0) is 31.5 Å². The van der Waals surface area contributed by atoms with E-state index in [-0.39, 0.29) is 0 Å². The van der Waals surface area contributed by atoms with Crippen molar-refractivity contribution >= 4 is 18.7 Å². The van der Waals surface area contributed by atoms with Crippen molar-refractivity contribution in [3.63, 3.8) is 0 Å². The first-order valence-electron chi connectivity index (χ1n) is 9.17. The highest BCUT2D eigenvalue weighted by molar-refractivity contribution is 8.42. The molecule has 3 aromatic heterocycles. The van der Waals surface area contributed by atoms with Crippen molar-refractivity contribution in [1.82, 2.24) is 0 Å². The number of hydrogen-bond donors (Lipinski definition) is 0. The van der Waals surface area contributed by atoms with E-state index in [1.165, 1.54) is 17.1 Å². The second-order valence-electron chi connectivity index (χ2n) is 6.64. The topological polar surface area (TPSA) is 42.4 Å². The van der Waals surface area contributed by atoms with Crippen LogP contribution in [0.4, 0.5) is 0 Å². The lowest BCUT2D eigenvalue weighted by molar-refractivity contribution is -0.390. The highest BCUT2D eigenvalue weighted by Crippen LogP contribution is 2.57. The number of aromatic nitrogens is 3. The fourth-order valence-corrected chi connectivity index (χ4v) is 6.50. The molecule has 0 unspecified atom stereocenters. The lowest BCUT2D eigenvalue weighted by Gasteiger charge is -2.32. The van der Waals surface area contributed by atoms with Gasteiger partial charge in [0.15, 0.2) is 35.7 Å². The predicted octanol–water partition coefficient (Wildman–Crippen LogP) is 2.64. The molecule has 134 valence electrons. The maximum atomic E-state index is 6.27. The van der Waals surface area contributed by atoms with Crippen LogP contribution in [0.2, 0.25) is 0 Å². The summed E-state index contributed by atoms with van der Waals surface area (Å²) < 4.78 is 0. The normalized spacial score (nSPS) is 11.4. The molecule has 0 aliphatic rings. The zero-order valence-corrected chi connectivity index (χ0v) is 16.7. The summed E-state index contributed by atoms with van der Waals surface area (Å²) in [6.07, 6.45) is 12.4. The Balaban J connectivity index is 1.64. The van der Waals surface area contributed by atoms with Gasteiger partial charge in [0.2, 0.25) is 0 Å². The summed E-state index contributed by atoms with van der Waals surface area (Å²) in [6.45, 7) is -1.44. The SMILES string of the molecule is [S-][P+](CCc1cccc[nH+]1)(CCc1cccc[nH+]1)CCc1cccc[nH+]1. The molecule has 0 aromatic carbocycles. The Morgan fingerprint density at radius 1 is 0.577 bits per heavy atom. The third kappa shape index (κ3) is 6.19. The van der Waals surface area contributed by atoms with Crippen LogP contribution in [-0.4, -0.2) is 18.5 Å². The van der Waals surface area contributed by atoms with Gasteiger partial charge in [0.1, 0.15) is 0 Å². The fourth-order valence-electron chi connectivity index (χ4n) is 3.07. The molecule has 26 heavy (non-hydrogen) atoms. The van der Waals surface area contributed by atoms with Crippen molar-refractivity contribution < 1.29 is 15.0 Å². The number of rotatable bonds is 9. The average Bonchev–Trinajstić information content (AvgIpc) is 2.72. The minimum atomic E-state index is -1.44. The first kappa shape index (κ1) is 19.0. The van der Waals surface area contributed by atoms with Crippen LogP contribution in [0.25, 0.3) is 0 Å². The van der Waals surface area contributed by atoms with Crippen LogP contribution in [0.5, 0.6) is 0 Å². The molecule has 3 heterocycles. The van der Waals surface area contributed by atoms with E-state index in [2.05, 4.69) is 51.4 Å². The van der Waals surface area contributed by atoms with Gasteiger partial charge in [0.05, 0.1) is 19.3 Å². The van der Waals surface area contributed by atoms with Crippen molar-refractivity contribution in [1.29, 1.82) is 0 Å². The van der Waals surface area contributed by atoms with E-state index in [1.54, 1.807) is 0 Å². The Hall–Kier alpha value is -1.77. The molecule has 0 atom stereocenters. The molecule has 0 saturated carbocycles. The monoisotopic (exact) mass is 384 g/mol. The van der Waals surface area contributed by atoms with Crippen molar-refractivity contribution in [3.8, 4) is 0 Å². The van der Waals surface area contributed by atoms with Gasteiger partial charge in [-0.3, -0.25) is 0 Å². The molecule has 0 aliphatic heterocycles. The lowest BCUT2D eigenvalue weighted by Crippen LogP contribution is -2.19. The molecule has 3 aromatic rings. The highest BCUT2D eigenvalue weighted by Gasteiger charge is 2.26. The largest absolute Gasteiger partial charge is 0.556 e. The smallest absolute Gasteiger partial charge is 0.183 e. The van der Waals surface area contributed by atoms with Crippen LogP contribution in [0.15, 0.2) is 73.2 Å². The first-order chi connectivity index (χ1) is 12.7. The molecule has 0 saturated heterocycles. The Bertz CT molecular complexity index is 663. The third-order valence-electron chi connectivity index (χ3n) is 4.69. The standard InChI is InChI=1S/C21H24N3PS/c26-25(16-10-19-7-1-4-13-22-19,17-11-20-8-2-5-14-23-20)18-12-21-9-3-6-15-24-21/h1-9,13-15H,10-12,16-18H2/p+3. The molecule has 5 heteroatoms. The van der Waals surface area contributed by atoms with E-state index in [0.717, 1.165) is 37.7 Å². The van der Waals surface area contributed by atoms with Crippen LogP contribution in [0.1, 0.15) is 17.1 Å².